The summed E-state index contributed by atoms with van der Waals surface area (Å²) in [6.45, 7) is 2.08. The summed E-state index contributed by atoms with van der Waals surface area (Å²) in [6, 6.07) is 12.7. The molecule has 0 saturated carbocycles. The number of para-hydroxylation sites is 1. The SMILES string of the molecule is CN(C)S(=O)(=O)c1ccc(N2CCCCC2)c(C(=O)NCC2Cc3ccccc3O2)c1. The molecule has 2 aliphatic rings. The smallest absolute Gasteiger partial charge is 0.253 e. The van der Waals surface area contributed by atoms with Crippen molar-refractivity contribution in [2.24, 2.45) is 0 Å². The molecule has 0 spiro atoms. The third kappa shape index (κ3) is 4.55. The maximum atomic E-state index is 13.2. The number of anilines is 1. The van der Waals surface area contributed by atoms with Crippen LogP contribution in [-0.4, -0.2) is 58.5 Å². The standard InChI is InChI=1S/C23H29N3O4S/c1-25(2)31(28,29)19-10-11-21(26-12-6-3-7-13-26)20(15-19)23(27)24-16-18-14-17-8-4-5-9-22(17)30-18/h4-5,8-11,15,18H,3,6-7,12-14,16H2,1-2H3,(H,24,27). The number of amides is 1. The number of nitrogens with one attached hydrogen (secondary N) is 1. The summed E-state index contributed by atoms with van der Waals surface area (Å²) >= 11 is 0. The molecule has 1 atom stereocenters. The number of carbonyl (C=O) groups excluding carboxylic acids is 1. The van der Waals surface area contributed by atoms with Gasteiger partial charge in [-0.2, -0.15) is 0 Å². The molecule has 8 heteroatoms. The number of ether oxygens (including phenoxy) is 1. The van der Waals surface area contributed by atoms with Gasteiger partial charge >= 0.3 is 0 Å². The molecule has 1 unspecified atom stereocenters. The second-order valence-corrected chi connectivity index (χ2v) is 10.4. The Labute approximate surface area is 184 Å². The Morgan fingerprint density at radius 1 is 1.13 bits per heavy atom. The van der Waals surface area contributed by atoms with Crippen LogP contribution in [0.4, 0.5) is 5.69 Å². The fourth-order valence-electron chi connectivity index (χ4n) is 4.15. The number of benzene rings is 2. The molecule has 2 aromatic carbocycles. The van der Waals surface area contributed by atoms with Crippen LogP contribution in [0.2, 0.25) is 0 Å². The molecule has 0 radical (unpaired) electrons. The average Bonchev–Trinajstić information content (AvgIpc) is 3.20. The summed E-state index contributed by atoms with van der Waals surface area (Å²) in [6.07, 6.45) is 3.91. The lowest BCUT2D eigenvalue weighted by molar-refractivity contribution is 0.0933. The van der Waals surface area contributed by atoms with Crippen molar-refractivity contribution in [3.63, 3.8) is 0 Å². The van der Waals surface area contributed by atoms with Gasteiger partial charge in [0.1, 0.15) is 11.9 Å². The predicted octanol–water partition coefficient (Wildman–Crippen LogP) is 2.66. The summed E-state index contributed by atoms with van der Waals surface area (Å²) in [5.74, 6) is 0.575. The van der Waals surface area contributed by atoms with E-state index in [1.54, 1.807) is 12.1 Å². The number of rotatable bonds is 6. The van der Waals surface area contributed by atoms with Gasteiger partial charge < -0.3 is 15.0 Å². The first-order valence-corrected chi connectivity index (χ1v) is 12.1. The van der Waals surface area contributed by atoms with Crippen LogP contribution in [0.1, 0.15) is 35.2 Å². The molecule has 1 saturated heterocycles. The Morgan fingerprint density at radius 2 is 1.87 bits per heavy atom. The molecule has 7 nitrogen and oxygen atoms in total. The van der Waals surface area contributed by atoms with Gasteiger partial charge in [0, 0.05) is 39.3 Å². The first kappa shape index (κ1) is 21.6. The number of hydrogen-bond acceptors (Lipinski definition) is 5. The fraction of sp³-hybridized carbons (Fsp3) is 0.435. The van der Waals surface area contributed by atoms with E-state index in [4.69, 9.17) is 4.74 Å². The van der Waals surface area contributed by atoms with Gasteiger partial charge in [0.25, 0.3) is 5.91 Å². The molecule has 1 N–H and O–H groups in total. The lowest BCUT2D eigenvalue weighted by atomic mass is 10.1. The van der Waals surface area contributed by atoms with E-state index in [-0.39, 0.29) is 16.9 Å². The quantitative estimate of drug-likeness (QED) is 0.743. The number of sulfonamides is 1. The van der Waals surface area contributed by atoms with Crippen molar-refractivity contribution in [1.29, 1.82) is 0 Å². The van der Waals surface area contributed by atoms with E-state index >= 15 is 0 Å². The van der Waals surface area contributed by atoms with Crippen LogP contribution < -0.4 is 15.0 Å². The minimum Gasteiger partial charge on any atom is -0.488 e. The monoisotopic (exact) mass is 443 g/mol. The molecule has 2 heterocycles. The molecule has 31 heavy (non-hydrogen) atoms. The Hall–Kier alpha value is -2.58. The van der Waals surface area contributed by atoms with Crippen LogP contribution in [0.3, 0.4) is 0 Å². The van der Waals surface area contributed by atoms with Crippen LogP contribution in [0.5, 0.6) is 5.75 Å². The van der Waals surface area contributed by atoms with Gasteiger partial charge in [-0.25, -0.2) is 12.7 Å². The van der Waals surface area contributed by atoms with Crippen molar-refractivity contribution in [2.75, 3.05) is 38.6 Å². The van der Waals surface area contributed by atoms with Crippen LogP contribution >= 0.6 is 0 Å². The van der Waals surface area contributed by atoms with Crippen molar-refractivity contribution in [3.05, 3.63) is 53.6 Å². The fourth-order valence-corrected chi connectivity index (χ4v) is 5.08. The minimum absolute atomic E-state index is 0.118. The zero-order chi connectivity index (χ0) is 22.0. The highest BCUT2D eigenvalue weighted by atomic mass is 32.2. The van der Waals surface area contributed by atoms with Gasteiger partial charge in [-0.05, 0) is 49.1 Å². The second kappa shape index (κ2) is 8.88. The van der Waals surface area contributed by atoms with Gasteiger partial charge in [0.05, 0.1) is 17.0 Å². The number of carbonyl (C=O) groups is 1. The normalized spacial score (nSPS) is 18.5. The van der Waals surface area contributed by atoms with E-state index in [1.165, 1.54) is 26.6 Å². The van der Waals surface area contributed by atoms with Gasteiger partial charge in [-0.1, -0.05) is 18.2 Å². The maximum Gasteiger partial charge on any atom is 0.253 e. The molecular formula is C23H29N3O4S. The molecule has 166 valence electrons. The Kier molecular flexibility index (Phi) is 6.20. The number of piperidine rings is 1. The molecule has 0 aromatic heterocycles. The molecule has 1 fully saturated rings. The Morgan fingerprint density at radius 3 is 2.58 bits per heavy atom. The van der Waals surface area contributed by atoms with Gasteiger partial charge in [0.2, 0.25) is 10.0 Å². The zero-order valence-corrected chi connectivity index (χ0v) is 18.8. The van der Waals surface area contributed by atoms with Crippen molar-refractivity contribution < 1.29 is 17.9 Å². The van der Waals surface area contributed by atoms with E-state index in [0.717, 1.165) is 53.7 Å². The predicted molar refractivity (Wildman–Crippen MR) is 120 cm³/mol. The molecule has 0 aliphatic carbocycles. The Balaban J connectivity index is 1.56. The van der Waals surface area contributed by atoms with E-state index in [2.05, 4.69) is 10.2 Å². The Bertz CT molecular complexity index is 1040. The molecule has 4 rings (SSSR count). The molecule has 2 aliphatic heterocycles. The molecule has 1 amide bonds. The zero-order valence-electron chi connectivity index (χ0n) is 18.0. The number of fused-ring (bicyclic) bond motifs is 1. The second-order valence-electron chi connectivity index (χ2n) is 8.28. The minimum atomic E-state index is -3.64. The van der Waals surface area contributed by atoms with E-state index in [1.807, 2.05) is 24.3 Å². The largest absolute Gasteiger partial charge is 0.488 e. The highest BCUT2D eigenvalue weighted by Gasteiger charge is 2.26. The van der Waals surface area contributed by atoms with Crippen molar-refractivity contribution in [3.8, 4) is 5.75 Å². The number of nitrogens with zero attached hydrogens (tertiary/aromatic N) is 2. The van der Waals surface area contributed by atoms with Crippen LogP contribution in [0, 0.1) is 0 Å². The summed E-state index contributed by atoms with van der Waals surface area (Å²) in [7, 11) is -0.660. The topological polar surface area (TPSA) is 79.0 Å². The maximum absolute atomic E-state index is 13.2. The van der Waals surface area contributed by atoms with Crippen molar-refractivity contribution in [1.82, 2.24) is 9.62 Å². The summed E-state index contributed by atoms with van der Waals surface area (Å²) < 4.78 is 32.4. The first-order valence-electron chi connectivity index (χ1n) is 10.7. The number of hydrogen-bond donors (Lipinski definition) is 1. The van der Waals surface area contributed by atoms with Crippen LogP contribution in [0.15, 0.2) is 47.4 Å². The van der Waals surface area contributed by atoms with E-state index in [9.17, 15) is 13.2 Å². The average molecular weight is 444 g/mol. The lowest BCUT2D eigenvalue weighted by Crippen LogP contribution is -2.37. The summed E-state index contributed by atoms with van der Waals surface area (Å²) in [5, 5.41) is 2.96. The van der Waals surface area contributed by atoms with E-state index < -0.39 is 10.0 Å². The first-order chi connectivity index (χ1) is 14.9. The van der Waals surface area contributed by atoms with Crippen LogP contribution in [0.25, 0.3) is 0 Å². The molecule has 0 bridgehead atoms. The molecular weight excluding hydrogens is 414 g/mol. The third-order valence-electron chi connectivity index (χ3n) is 5.89. The van der Waals surface area contributed by atoms with E-state index in [0.29, 0.717) is 12.1 Å². The van der Waals surface area contributed by atoms with Gasteiger partial charge in [-0.3, -0.25) is 4.79 Å². The van der Waals surface area contributed by atoms with Gasteiger partial charge in [-0.15, -0.1) is 0 Å². The van der Waals surface area contributed by atoms with Gasteiger partial charge in [0.15, 0.2) is 0 Å². The summed E-state index contributed by atoms with van der Waals surface area (Å²) in [5.41, 5.74) is 2.31. The summed E-state index contributed by atoms with van der Waals surface area (Å²) in [4.78, 5) is 15.5. The highest BCUT2D eigenvalue weighted by molar-refractivity contribution is 7.89. The van der Waals surface area contributed by atoms with Crippen LogP contribution in [-0.2, 0) is 16.4 Å². The van der Waals surface area contributed by atoms with Crippen molar-refractivity contribution >= 4 is 21.6 Å². The highest BCUT2D eigenvalue weighted by Crippen LogP contribution is 2.29. The third-order valence-corrected chi connectivity index (χ3v) is 7.70. The lowest BCUT2D eigenvalue weighted by Gasteiger charge is -2.30. The van der Waals surface area contributed by atoms with Crippen molar-refractivity contribution in [2.45, 2.75) is 36.7 Å². The molecule has 2 aromatic rings.